The molecule has 2 N–H and O–H groups in total. The highest BCUT2D eigenvalue weighted by molar-refractivity contribution is 5.92. The normalized spacial score (nSPS) is 13.8. The molecule has 0 unspecified atom stereocenters. The second-order valence-electron chi connectivity index (χ2n) is 7.54. The van der Waals surface area contributed by atoms with Crippen molar-refractivity contribution in [2.24, 2.45) is 0 Å². The summed E-state index contributed by atoms with van der Waals surface area (Å²) in [6.45, 7) is 2.75. The molecule has 2 aromatic rings. The maximum absolute atomic E-state index is 12.6. The number of nitrogens with zero attached hydrogens (tertiary/aromatic N) is 1. The van der Waals surface area contributed by atoms with Gasteiger partial charge in [0.1, 0.15) is 18.0 Å². The summed E-state index contributed by atoms with van der Waals surface area (Å²) < 4.78 is 16.3. The molecular weight excluding hydrogens is 406 g/mol. The summed E-state index contributed by atoms with van der Waals surface area (Å²) in [5.41, 5.74) is 0.825. The van der Waals surface area contributed by atoms with E-state index in [4.69, 9.17) is 14.2 Å². The Labute approximate surface area is 178 Å². The van der Waals surface area contributed by atoms with Crippen LogP contribution in [0.5, 0.6) is 11.5 Å². The van der Waals surface area contributed by atoms with Gasteiger partial charge in [-0.15, -0.1) is 0 Å². The van der Waals surface area contributed by atoms with Crippen molar-refractivity contribution in [3.8, 4) is 11.5 Å². The molecule has 1 aliphatic rings. The molecule has 0 atom stereocenters. The first-order valence-electron chi connectivity index (χ1n) is 9.47. The molecular formula is C22H23NO8. The van der Waals surface area contributed by atoms with Crippen LogP contribution in [0.3, 0.4) is 0 Å². The molecule has 0 radical (unpaired) electrons. The van der Waals surface area contributed by atoms with Crippen LogP contribution in [-0.2, 0) is 24.6 Å². The molecule has 31 heavy (non-hydrogen) atoms. The number of aliphatic hydroxyl groups is 2. The Balaban J connectivity index is 1.86. The summed E-state index contributed by atoms with van der Waals surface area (Å²) in [5, 5.41) is 30.5. The van der Waals surface area contributed by atoms with Crippen LogP contribution in [0.4, 0.5) is 5.69 Å². The Bertz CT molecular complexity index is 1030. The van der Waals surface area contributed by atoms with Gasteiger partial charge in [-0.3, -0.25) is 10.1 Å². The minimum Gasteiger partial charge on any atom is -0.496 e. The first-order chi connectivity index (χ1) is 14.7. The summed E-state index contributed by atoms with van der Waals surface area (Å²) in [6.07, 6.45) is 3.42. The van der Waals surface area contributed by atoms with E-state index in [0.717, 1.165) is 6.07 Å². The van der Waals surface area contributed by atoms with Gasteiger partial charge in [-0.1, -0.05) is 6.08 Å². The zero-order valence-electron chi connectivity index (χ0n) is 17.4. The molecule has 0 aliphatic carbocycles. The summed E-state index contributed by atoms with van der Waals surface area (Å²) in [5.74, 6) is -0.291. The molecule has 9 heteroatoms. The molecule has 0 spiro atoms. The number of fused-ring (bicyclic) bond motifs is 1. The quantitative estimate of drug-likeness (QED) is 0.390. The van der Waals surface area contributed by atoms with Gasteiger partial charge in [0.25, 0.3) is 0 Å². The van der Waals surface area contributed by atoms with Crippen LogP contribution in [0.1, 0.15) is 46.5 Å². The predicted molar refractivity (Wildman–Crippen MR) is 111 cm³/mol. The standard InChI is InChI=1S/C22H23NO8/c1-22(2)5-4-14-8-15(9-18(23(27)28)20(14)31-22)21(26)30-12-13-6-16(10-24)17(11-25)19(7-13)29-3/h4-9,24-25H,10-12H2,1-3H3. The lowest BCUT2D eigenvalue weighted by Gasteiger charge is -2.27. The Hall–Kier alpha value is -3.43. The fourth-order valence-corrected chi connectivity index (χ4v) is 3.30. The molecule has 2 aromatic carbocycles. The SMILES string of the molecule is COc1cc(COC(=O)c2cc3c(c([N+](=O)[O-])c2)OC(C)(C)C=C3)cc(CO)c1CO. The van der Waals surface area contributed by atoms with Gasteiger partial charge < -0.3 is 24.4 Å². The van der Waals surface area contributed by atoms with Gasteiger partial charge in [0.2, 0.25) is 5.75 Å². The molecule has 0 saturated carbocycles. The highest BCUT2D eigenvalue weighted by Gasteiger charge is 2.30. The fraction of sp³-hybridized carbons (Fsp3) is 0.318. The third-order valence-electron chi connectivity index (χ3n) is 4.84. The minimum absolute atomic E-state index is 0.0136. The van der Waals surface area contributed by atoms with Gasteiger partial charge in [-0.25, -0.2) is 4.79 Å². The molecule has 1 aliphatic heterocycles. The van der Waals surface area contributed by atoms with Crippen molar-refractivity contribution in [3.05, 3.63) is 68.3 Å². The second-order valence-corrected chi connectivity index (χ2v) is 7.54. The predicted octanol–water partition coefficient (Wildman–Crippen LogP) is 3.13. The third kappa shape index (κ3) is 4.68. The summed E-state index contributed by atoms with van der Waals surface area (Å²) >= 11 is 0. The van der Waals surface area contributed by atoms with E-state index in [1.165, 1.54) is 13.2 Å². The van der Waals surface area contributed by atoms with E-state index in [-0.39, 0.29) is 36.8 Å². The van der Waals surface area contributed by atoms with Crippen molar-refractivity contribution in [1.29, 1.82) is 0 Å². The van der Waals surface area contributed by atoms with E-state index in [1.807, 2.05) is 0 Å². The van der Waals surface area contributed by atoms with E-state index < -0.39 is 16.5 Å². The van der Waals surface area contributed by atoms with Gasteiger partial charge in [-0.2, -0.15) is 0 Å². The van der Waals surface area contributed by atoms with Crippen molar-refractivity contribution in [3.63, 3.8) is 0 Å². The van der Waals surface area contributed by atoms with Crippen molar-refractivity contribution >= 4 is 17.7 Å². The minimum atomic E-state index is -0.750. The van der Waals surface area contributed by atoms with Crippen LogP contribution in [0, 0.1) is 10.1 Å². The van der Waals surface area contributed by atoms with Crippen LogP contribution >= 0.6 is 0 Å². The Morgan fingerprint density at radius 3 is 2.55 bits per heavy atom. The highest BCUT2D eigenvalue weighted by atomic mass is 16.6. The lowest BCUT2D eigenvalue weighted by atomic mass is 9.99. The van der Waals surface area contributed by atoms with Crippen molar-refractivity contribution < 1.29 is 34.1 Å². The van der Waals surface area contributed by atoms with Crippen LogP contribution in [-0.4, -0.2) is 33.8 Å². The van der Waals surface area contributed by atoms with Gasteiger partial charge in [-0.05, 0) is 49.2 Å². The Kier molecular flexibility index (Phi) is 6.28. The van der Waals surface area contributed by atoms with Crippen molar-refractivity contribution in [2.75, 3.05) is 7.11 Å². The number of aliphatic hydroxyl groups excluding tert-OH is 2. The number of benzene rings is 2. The van der Waals surface area contributed by atoms with E-state index >= 15 is 0 Å². The average molecular weight is 429 g/mol. The maximum Gasteiger partial charge on any atom is 0.338 e. The van der Waals surface area contributed by atoms with E-state index in [1.54, 1.807) is 38.1 Å². The van der Waals surface area contributed by atoms with E-state index in [2.05, 4.69) is 0 Å². The number of carbonyl (C=O) groups is 1. The van der Waals surface area contributed by atoms with Crippen LogP contribution in [0.15, 0.2) is 30.3 Å². The lowest BCUT2D eigenvalue weighted by Crippen LogP contribution is -2.28. The van der Waals surface area contributed by atoms with Gasteiger partial charge in [0, 0.05) is 17.2 Å². The first-order valence-corrected chi connectivity index (χ1v) is 9.47. The summed E-state index contributed by atoms with van der Waals surface area (Å²) in [7, 11) is 1.43. The smallest absolute Gasteiger partial charge is 0.338 e. The second kappa shape index (κ2) is 8.75. The number of hydrogen-bond acceptors (Lipinski definition) is 8. The van der Waals surface area contributed by atoms with Crippen LogP contribution in [0.25, 0.3) is 6.08 Å². The van der Waals surface area contributed by atoms with Crippen molar-refractivity contribution in [1.82, 2.24) is 0 Å². The van der Waals surface area contributed by atoms with Gasteiger partial charge in [0.15, 0.2) is 0 Å². The Morgan fingerprint density at radius 2 is 1.94 bits per heavy atom. The average Bonchev–Trinajstić information content (AvgIpc) is 2.75. The molecule has 0 saturated heterocycles. The topological polar surface area (TPSA) is 128 Å². The van der Waals surface area contributed by atoms with Crippen molar-refractivity contribution in [2.45, 2.75) is 39.3 Å². The number of carbonyl (C=O) groups excluding carboxylic acids is 1. The molecule has 164 valence electrons. The Morgan fingerprint density at radius 1 is 1.19 bits per heavy atom. The number of nitro groups is 1. The third-order valence-corrected chi connectivity index (χ3v) is 4.84. The van der Waals surface area contributed by atoms with Gasteiger partial charge >= 0.3 is 11.7 Å². The number of ether oxygens (including phenoxy) is 3. The molecule has 0 amide bonds. The summed E-state index contributed by atoms with van der Waals surface area (Å²) in [4.78, 5) is 23.5. The van der Waals surface area contributed by atoms with E-state index in [9.17, 15) is 25.1 Å². The highest BCUT2D eigenvalue weighted by Crippen LogP contribution is 2.39. The van der Waals surface area contributed by atoms with Crippen LogP contribution in [0.2, 0.25) is 0 Å². The van der Waals surface area contributed by atoms with Gasteiger partial charge in [0.05, 0.1) is 30.8 Å². The largest absolute Gasteiger partial charge is 0.496 e. The summed E-state index contributed by atoms with van der Waals surface area (Å²) in [6, 6.07) is 5.79. The number of methoxy groups -OCH3 is 1. The molecule has 0 fully saturated rings. The molecule has 0 bridgehead atoms. The zero-order valence-corrected chi connectivity index (χ0v) is 17.4. The lowest BCUT2D eigenvalue weighted by molar-refractivity contribution is -0.386. The molecule has 0 aromatic heterocycles. The maximum atomic E-state index is 12.6. The fourth-order valence-electron chi connectivity index (χ4n) is 3.30. The molecule has 1 heterocycles. The number of hydrogen-bond donors (Lipinski definition) is 2. The molecule has 9 nitrogen and oxygen atoms in total. The first kappa shape index (κ1) is 22.3. The molecule has 3 rings (SSSR count). The number of esters is 1. The zero-order chi connectivity index (χ0) is 22.8. The van der Waals surface area contributed by atoms with E-state index in [0.29, 0.717) is 28.0 Å². The number of rotatable bonds is 7. The van der Waals surface area contributed by atoms with Crippen LogP contribution < -0.4 is 9.47 Å². The monoisotopic (exact) mass is 429 g/mol. The number of nitro benzene ring substituents is 1.